The van der Waals surface area contributed by atoms with E-state index in [9.17, 15) is 4.39 Å². The number of hydrogen-bond donors (Lipinski definition) is 1. The van der Waals surface area contributed by atoms with Crippen LogP contribution < -0.4 is 5.32 Å². The highest BCUT2D eigenvalue weighted by Gasteiger charge is 2.27. The smallest absolute Gasteiger partial charge is 0.134 e. The van der Waals surface area contributed by atoms with E-state index in [1.165, 1.54) is 12.1 Å². The van der Waals surface area contributed by atoms with Crippen molar-refractivity contribution in [1.29, 1.82) is 0 Å². The van der Waals surface area contributed by atoms with E-state index >= 15 is 0 Å². The van der Waals surface area contributed by atoms with Gasteiger partial charge < -0.3 is 9.73 Å². The van der Waals surface area contributed by atoms with E-state index in [-0.39, 0.29) is 11.2 Å². The molecule has 2 nitrogen and oxygen atoms in total. The Hall–Kier alpha value is -1.35. The fourth-order valence-electron chi connectivity index (χ4n) is 2.63. The largest absolute Gasteiger partial charge is 0.461 e. The Morgan fingerprint density at radius 2 is 2.05 bits per heavy atom. The molecule has 0 aliphatic heterocycles. The van der Waals surface area contributed by atoms with Crippen LogP contribution in [0.2, 0.25) is 0 Å². The maximum atomic E-state index is 13.2. The molecule has 2 rings (SSSR count). The van der Waals surface area contributed by atoms with Crippen molar-refractivity contribution >= 4 is 11.0 Å². The van der Waals surface area contributed by atoms with Crippen molar-refractivity contribution in [2.24, 2.45) is 0 Å². The second-order valence-electron chi connectivity index (χ2n) is 5.84. The number of rotatable bonds is 5. The second kappa shape index (κ2) is 5.33. The van der Waals surface area contributed by atoms with Gasteiger partial charge in [0, 0.05) is 16.8 Å². The third-order valence-electron chi connectivity index (χ3n) is 3.51. The van der Waals surface area contributed by atoms with Gasteiger partial charge in [-0.2, -0.15) is 0 Å². The summed E-state index contributed by atoms with van der Waals surface area (Å²) in [6.07, 6.45) is 0.975. The van der Waals surface area contributed by atoms with Crippen LogP contribution in [0.1, 0.15) is 39.9 Å². The lowest BCUT2D eigenvalue weighted by molar-refractivity contribution is 0.336. The molecule has 0 fully saturated rings. The minimum absolute atomic E-state index is 0.0723. The van der Waals surface area contributed by atoms with Gasteiger partial charge in [-0.15, -0.1) is 0 Å². The lowest BCUT2D eigenvalue weighted by Gasteiger charge is -2.26. The molecular weight excluding hydrogens is 241 g/mol. The summed E-state index contributed by atoms with van der Waals surface area (Å²) < 4.78 is 19.1. The van der Waals surface area contributed by atoms with Gasteiger partial charge >= 0.3 is 0 Å². The average molecular weight is 263 g/mol. The summed E-state index contributed by atoms with van der Waals surface area (Å²) in [5.74, 6) is 0.691. The topological polar surface area (TPSA) is 25.2 Å². The fourth-order valence-corrected chi connectivity index (χ4v) is 2.63. The van der Waals surface area contributed by atoms with Gasteiger partial charge in [0.25, 0.3) is 0 Å². The Labute approximate surface area is 114 Å². The van der Waals surface area contributed by atoms with Crippen LogP contribution in [0.15, 0.2) is 28.7 Å². The Morgan fingerprint density at radius 1 is 1.32 bits per heavy atom. The van der Waals surface area contributed by atoms with Crippen molar-refractivity contribution in [3.8, 4) is 0 Å². The number of halogens is 1. The van der Waals surface area contributed by atoms with Crippen LogP contribution in [0, 0.1) is 5.82 Å². The van der Waals surface area contributed by atoms with E-state index < -0.39 is 0 Å². The second-order valence-corrected chi connectivity index (χ2v) is 5.84. The normalized spacial score (nSPS) is 13.9. The van der Waals surface area contributed by atoms with Crippen LogP contribution in [-0.2, 0) is 5.41 Å². The monoisotopic (exact) mass is 263 g/mol. The molecule has 3 heteroatoms. The van der Waals surface area contributed by atoms with E-state index in [0.29, 0.717) is 6.04 Å². The van der Waals surface area contributed by atoms with Gasteiger partial charge in [0.05, 0.1) is 0 Å². The highest BCUT2D eigenvalue weighted by Crippen LogP contribution is 2.33. The predicted molar refractivity (Wildman–Crippen MR) is 77.0 cm³/mol. The fraction of sp³-hybridized carbons (Fsp3) is 0.500. The predicted octanol–water partition coefficient (Wildman–Crippen LogP) is 4.24. The molecule has 1 N–H and O–H groups in total. The molecule has 0 spiro atoms. The zero-order valence-corrected chi connectivity index (χ0v) is 12.1. The van der Waals surface area contributed by atoms with E-state index in [2.05, 4.69) is 33.0 Å². The van der Waals surface area contributed by atoms with Gasteiger partial charge in [-0.05, 0) is 44.2 Å². The van der Waals surface area contributed by atoms with Crippen molar-refractivity contribution in [2.75, 3.05) is 6.54 Å². The van der Waals surface area contributed by atoms with Crippen LogP contribution in [0.5, 0.6) is 0 Å². The SMILES string of the molecule is CCNC(C)CC(C)(C)c1cc2cc(F)ccc2o1. The molecule has 0 saturated heterocycles. The average Bonchev–Trinajstić information content (AvgIpc) is 2.72. The molecule has 0 radical (unpaired) electrons. The maximum absolute atomic E-state index is 13.2. The molecule has 0 saturated carbocycles. The summed E-state index contributed by atoms with van der Waals surface area (Å²) in [7, 11) is 0. The zero-order chi connectivity index (χ0) is 14.0. The summed E-state index contributed by atoms with van der Waals surface area (Å²) in [4.78, 5) is 0. The Kier molecular flexibility index (Phi) is 3.95. The van der Waals surface area contributed by atoms with Crippen LogP contribution >= 0.6 is 0 Å². The Morgan fingerprint density at radius 3 is 2.74 bits per heavy atom. The van der Waals surface area contributed by atoms with Gasteiger partial charge in [0.1, 0.15) is 17.2 Å². The molecule has 0 amide bonds. The molecule has 0 aliphatic rings. The third kappa shape index (κ3) is 3.16. The number of hydrogen-bond acceptors (Lipinski definition) is 2. The first-order valence-corrected chi connectivity index (χ1v) is 6.85. The first kappa shape index (κ1) is 14.1. The van der Waals surface area contributed by atoms with Crippen molar-refractivity contribution in [2.45, 2.75) is 45.6 Å². The highest BCUT2D eigenvalue weighted by molar-refractivity contribution is 5.78. The number of furan rings is 1. The number of benzene rings is 1. The minimum atomic E-state index is -0.223. The van der Waals surface area contributed by atoms with Crippen molar-refractivity contribution < 1.29 is 8.81 Å². The molecule has 104 valence electrons. The van der Waals surface area contributed by atoms with E-state index in [1.54, 1.807) is 6.07 Å². The summed E-state index contributed by atoms with van der Waals surface area (Å²) in [5.41, 5.74) is 0.678. The van der Waals surface area contributed by atoms with Gasteiger partial charge in [0.15, 0.2) is 0 Å². The van der Waals surface area contributed by atoms with E-state index in [0.717, 1.165) is 29.7 Å². The number of nitrogens with one attached hydrogen (secondary N) is 1. The molecule has 2 aromatic rings. The molecule has 1 aromatic heterocycles. The van der Waals surface area contributed by atoms with E-state index in [1.807, 2.05) is 6.07 Å². The molecule has 0 aliphatic carbocycles. The van der Waals surface area contributed by atoms with Gasteiger partial charge in [-0.3, -0.25) is 0 Å². The summed E-state index contributed by atoms with van der Waals surface area (Å²) in [6, 6.07) is 7.02. The molecule has 1 unspecified atom stereocenters. The quantitative estimate of drug-likeness (QED) is 0.873. The first-order valence-electron chi connectivity index (χ1n) is 6.85. The molecule has 19 heavy (non-hydrogen) atoms. The standard InChI is InChI=1S/C16H22FNO/c1-5-18-11(2)10-16(3,4)15-9-12-8-13(17)6-7-14(12)19-15/h6-9,11,18H,5,10H2,1-4H3. The first-order chi connectivity index (χ1) is 8.92. The Balaban J connectivity index is 2.26. The summed E-state index contributed by atoms with van der Waals surface area (Å²) in [6.45, 7) is 9.56. The zero-order valence-electron chi connectivity index (χ0n) is 12.1. The molecule has 0 bridgehead atoms. The van der Waals surface area contributed by atoms with Crippen molar-refractivity contribution in [1.82, 2.24) is 5.32 Å². The van der Waals surface area contributed by atoms with Crippen LogP contribution in [0.25, 0.3) is 11.0 Å². The molecule has 1 heterocycles. The number of fused-ring (bicyclic) bond motifs is 1. The molecule has 1 aromatic carbocycles. The van der Waals surface area contributed by atoms with Crippen LogP contribution in [0.4, 0.5) is 4.39 Å². The summed E-state index contributed by atoms with van der Waals surface area (Å²) >= 11 is 0. The lowest BCUT2D eigenvalue weighted by Crippen LogP contribution is -2.32. The van der Waals surface area contributed by atoms with Gasteiger partial charge in [-0.1, -0.05) is 20.8 Å². The Bertz CT molecular complexity index is 559. The van der Waals surface area contributed by atoms with Crippen molar-refractivity contribution in [3.05, 3.63) is 35.8 Å². The van der Waals surface area contributed by atoms with Crippen molar-refractivity contribution in [3.63, 3.8) is 0 Å². The van der Waals surface area contributed by atoms with Gasteiger partial charge in [-0.25, -0.2) is 4.39 Å². The lowest BCUT2D eigenvalue weighted by atomic mass is 9.83. The summed E-state index contributed by atoms with van der Waals surface area (Å²) in [5, 5.41) is 4.25. The maximum Gasteiger partial charge on any atom is 0.134 e. The van der Waals surface area contributed by atoms with E-state index in [4.69, 9.17) is 4.42 Å². The van der Waals surface area contributed by atoms with Gasteiger partial charge in [0.2, 0.25) is 0 Å². The minimum Gasteiger partial charge on any atom is -0.461 e. The third-order valence-corrected chi connectivity index (χ3v) is 3.51. The molecular formula is C16H22FNO. The van der Waals surface area contributed by atoms with Crippen LogP contribution in [0.3, 0.4) is 0 Å². The molecule has 1 atom stereocenters. The highest BCUT2D eigenvalue weighted by atomic mass is 19.1. The van der Waals surface area contributed by atoms with Crippen LogP contribution in [-0.4, -0.2) is 12.6 Å².